The Kier molecular flexibility index (Phi) is 5.70. The summed E-state index contributed by atoms with van der Waals surface area (Å²) in [7, 11) is 1.87. The van der Waals surface area contributed by atoms with E-state index < -0.39 is 0 Å². The summed E-state index contributed by atoms with van der Waals surface area (Å²) in [5.74, 6) is 0.181. The molecule has 208 valence electrons. The highest BCUT2D eigenvalue weighted by Crippen LogP contribution is 2.45. The number of nitrogens with two attached hydrogens (primary N) is 1. The van der Waals surface area contributed by atoms with Gasteiger partial charge in [0.1, 0.15) is 17.8 Å². The van der Waals surface area contributed by atoms with Gasteiger partial charge in [-0.3, -0.25) is 19.3 Å². The lowest BCUT2D eigenvalue weighted by molar-refractivity contribution is 0.0556. The molecular formula is C28H29N11O2. The van der Waals surface area contributed by atoms with E-state index in [1.165, 1.54) is 17.8 Å². The van der Waals surface area contributed by atoms with Gasteiger partial charge in [-0.2, -0.15) is 14.7 Å². The number of aromatic amines is 1. The van der Waals surface area contributed by atoms with Gasteiger partial charge < -0.3 is 15.6 Å². The molecular weight excluding hydrogens is 522 g/mol. The molecule has 1 amide bonds. The summed E-state index contributed by atoms with van der Waals surface area (Å²) in [5, 5.41) is 16.7. The summed E-state index contributed by atoms with van der Waals surface area (Å²) in [6, 6.07) is 4.01. The summed E-state index contributed by atoms with van der Waals surface area (Å²) >= 11 is 0. The van der Waals surface area contributed by atoms with Crippen molar-refractivity contribution >= 4 is 23.2 Å². The zero-order valence-corrected chi connectivity index (χ0v) is 22.9. The number of carbonyl (C=O) groups is 2. The SMILES string of the molecule is CC(=O)c1c([C@@H]2C[C@H]3CC[C@@H](C2)N3C(=O)c2nnc[nH]2)nc2c(-c3cnc(-c4ccn(C)n4)c(C)c3)cnn2c1N. The number of amides is 1. The van der Waals surface area contributed by atoms with E-state index in [4.69, 9.17) is 15.7 Å². The number of nitrogens with zero attached hydrogens (tertiary/aromatic N) is 9. The minimum atomic E-state index is -0.159. The number of piperidine rings is 1. The molecule has 41 heavy (non-hydrogen) atoms. The van der Waals surface area contributed by atoms with E-state index in [9.17, 15) is 9.59 Å². The minimum Gasteiger partial charge on any atom is -0.383 e. The summed E-state index contributed by atoms with van der Waals surface area (Å²) in [6.45, 7) is 3.50. The molecule has 0 spiro atoms. The number of rotatable bonds is 5. The Bertz CT molecular complexity index is 1810. The molecule has 5 aromatic heterocycles. The summed E-state index contributed by atoms with van der Waals surface area (Å²) in [6.07, 6.45) is 9.94. The number of H-pyrrole nitrogens is 1. The predicted octanol–water partition coefficient (Wildman–Crippen LogP) is 2.95. The van der Waals surface area contributed by atoms with E-state index in [2.05, 4.69) is 25.4 Å². The average Bonchev–Trinajstić information content (AvgIpc) is 3.75. The third-order valence-electron chi connectivity index (χ3n) is 8.38. The number of nitrogen functional groups attached to an aromatic ring is 1. The van der Waals surface area contributed by atoms with E-state index in [-0.39, 0.29) is 41.3 Å². The number of nitrogens with one attached hydrogen (secondary N) is 1. The van der Waals surface area contributed by atoms with Crippen molar-refractivity contribution in [1.29, 1.82) is 0 Å². The molecule has 0 saturated carbocycles. The number of hydrogen-bond donors (Lipinski definition) is 2. The fraction of sp³-hybridized carbons (Fsp3) is 0.357. The summed E-state index contributed by atoms with van der Waals surface area (Å²) in [5.41, 5.74) is 12.4. The Hall–Kier alpha value is -4.94. The first-order valence-corrected chi connectivity index (χ1v) is 13.6. The van der Waals surface area contributed by atoms with Gasteiger partial charge in [0.05, 0.1) is 23.1 Å². The van der Waals surface area contributed by atoms with Crippen LogP contribution in [0, 0.1) is 6.92 Å². The topological polar surface area (TPSA) is 166 Å². The second kappa shape index (κ2) is 9.32. The number of ketones is 1. The highest BCUT2D eigenvalue weighted by molar-refractivity contribution is 6.00. The Morgan fingerprint density at radius 1 is 1.15 bits per heavy atom. The van der Waals surface area contributed by atoms with Crippen LogP contribution in [0.2, 0.25) is 0 Å². The second-order valence-corrected chi connectivity index (χ2v) is 11.0. The Balaban J connectivity index is 1.28. The largest absolute Gasteiger partial charge is 0.383 e. The smallest absolute Gasteiger partial charge is 0.292 e. The molecule has 2 bridgehead atoms. The molecule has 2 aliphatic rings. The summed E-state index contributed by atoms with van der Waals surface area (Å²) < 4.78 is 3.28. The van der Waals surface area contributed by atoms with Crippen LogP contribution in [0.25, 0.3) is 28.2 Å². The van der Waals surface area contributed by atoms with Crippen molar-refractivity contribution in [3.63, 3.8) is 0 Å². The molecule has 3 N–H and O–H groups in total. The number of aryl methyl sites for hydroxylation is 2. The molecule has 13 nitrogen and oxygen atoms in total. The molecule has 2 aliphatic heterocycles. The molecule has 0 unspecified atom stereocenters. The van der Waals surface area contributed by atoms with Crippen LogP contribution in [0.1, 0.15) is 70.8 Å². The van der Waals surface area contributed by atoms with E-state index in [0.717, 1.165) is 40.9 Å². The summed E-state index contributed by atoms with van der Waals surface area (Å²) in [4.78, 5) is 40.6. The van der Waals surface area contributed by atoms with Crippen molar-refractivity contribution in [1.82, 2.24) is 49.4 Å². The quantitative estimate of drug-likeness (QED) is 0.312. The molecule has 5 aromatic rings. The van der Waals surface area contributed by atoms with Crippen LogP contribution in [0.15, 0.2) is 37.1 Å². The van der Waals surface area contributed by atoms with Gasteiger partial charge in [0.15, 0.2) is 11.4 Å². The highest BCUT2D eigenvalue weighted by atomic mass is 16.2. The van der Waals surface area contributed by atoms with Gasteiger partial charge in [0.25, 0.3) is 5.91 Å². The molecule has 7 rings (SSSR count). The van der Waals surface area contributed by atoms with Crippen molar-refractivity contribution in [3.8, 4) is 22.5 Å². The van der Waals surface area contributed by atoms with E-state index >= 15 is 0 Å². The Morgan fingerprint density at radius 2 is 1.93 bits per heavy atom. The molecule has 0 aliphatic carbocycles. The normalized spacial score (nSPS) is 20.2. The maximum absolute atomic E-state index is 13.2. The van der Waals surface area contributed by atoms with Gasteiger partial charge in [-0.1, -0.05) is 0 Å². The first kappa shape index (κ1) is 25.1. The van der Waals surface area contributed by atoms with Crippen LogP contribution >= 0.6 is 0 Å². The van der Waals surface area contributed by atoms with Crippen LogP contribution in [0.3, 0.4) is 0 Å². The molecule has 0 aromatic carbocycles. The molecule has 3 atom stereocenters. The molecule has 13 heteroatoms. The van der Waals surface area contributed by atoms with Crippen LogP contribution < -0.4 is 5.73 Å². The number of aromatic nitrogens is 9. The zero-order valence-electron chi connectivity index (χ0n) is 22.9. The highest BCUT2D eigenvalue weighted by Gasteiger charge is 2.45. The lowest BCUT2D eigenvalue weighted by atomic mass is 9.85. The van der Waals surface area contributed by atoms with E-state index in [1.54, 1.807) is 17.1 Å². The number of Topliss-reactive ketones (excluding diaryl/α,β-unsaturated/α-hetero) is 1. The van der Waals surface area contributed by atoms with Gasteiger partial charge in [-0.05, 0) is 57.2 Å². The fourth-order valence-corrected chi connectivity index (χ4v) is 6.59. The minimum absolute atomic E-state index is 0.0192. The first-order valence-electron chi connectivity index (χ1n) is 13.6. The lowest BCUT2D eigenvalue weighted by Gasteiger charge is -2.38. The van der Waals surface area contributed by atoms with Gasteiger partial charge in [0, 0.05) is 48.6 Å². The molecule has 7 heterocycles. The van der Waals surface area contributed by atoms with Crippen molar-refractivity contribution in [3.05, 3.63) is 59.7 Å². The van der Waals surface area contributed by atoms with Crippen LogP contribution in [-0.2, 0) is 7.05 Å². The molecule has 2 fully saturated rings. The zero-order chi connectivity index (χ0) is 28.4. The second-order valence-electron chi connectivity index (χ2n) is 11.0. The van der Waals surface area contributed by atoms with Gasteiger partial charge >= 0.3 is 0 Å². The average molecular weight is 552 g/mol. The van der Waals surface area contributed by atoms with E-state index in [1.807, 2.05) is 37.2 Å². The Morgan fingerprint density at radius 3 is 2.56 bits per heavy atom. The number of hydrogen-bond acceptors (Lipinski definition) is 9. The van der Waals surface area contributed by atoms with E-state index in [0.29, 0.717) is 29.7 Å². The number of pyridine rings is 1. The van der Waals surface area contributed by atoms with Crippen LogP contribution in [-0.4, -0.2) is 73.2 Å². The molecule has 0 radical (unpaired) electrons. The number of anilines is 1. The van der Waals surface area contributed by atoms with Gasteiger partial charge in [0.2, 0.25) is 5.82 Å². The van der Waals surface area contributed by atoms with Crippen molar-refractivity contribution in [2.45, 2.75) is 57.5 Å². The van der Waals surface area contributed by atoms with Crippen molar-refractivity contribution in [2.75, 3.05) is 5.73 Å². The van der Waals surface area contributed by atoms with Crippen molar-refractivity contribution in [2.24, 2.45) is 7.05 Å². The monoisotopic (exact) mass is 551 g/mol. The maximum Gasteiger partial charge on any atom is 0.292 e. The maximum atomic E-state index is 13.2. The number of fused-ring (bicyclic) bond motifs is 3. The standard InChI is InChI=1S/C28H29N11O2/c1-14-8-17(11-30-23(14)21-6-7-37(3)36-21)20-12-33-39-25(29)22(15(2)40)24(34-27(20)39)16-9-18-4-5-19(10-16)38(18)28(41)26-31-13-32-35-26/h6-8,11-13,16,18-19H,4-5,9-10,29H2,1-3H3,(H,31,32,35)/t16-,18-,19+. The van der Waals surface area contributed by atoms with Crippen LogP contribution in [0.5, 0.6) is 0 Å². The van der Waals surface area contributed by atoms with Gasteiger partial charge in [-0.15, -0.1) is 10.2 Å². The van der Waals surface area contributed by atoms with Gasteiger partial charge in [-0.25, -0.2) is 4.98 Å². The first-order chi connectivity index (χ1) is 19.8. The number of carbonyl (C=O) groups excluding carboxylic acids is 2. The third-order valence-corrected chi connectivity index (χ3v) is 8.38. The predicted molar refractivity (Wildman–Crippen MR) is 149 cm³/mol. The lowest BCUT2D eigenvalue weighted by Crippen LogP contribution is -2.46. The van der Waals surface area contributed by atoms with Crippen molar-refractivity contribution < 1.29 is 9.59 Å². The fourth-order valence-electron chi connectivity index (χ4n) is 6.59. The van der Waals surface area contributed by atoms with Crippen LogP contribution in [0.4, 0.5) is 5.82 Å². The third kappa shape index (κ3) is 3.99. The molecule has 2 saturated heterocycles. The Labute approximate surface area is 234 Å².